The summed E-state index contributed by atoms with van der Waals surface area (Å²) in [5, 5.41) is 3.11. The van der Waals surface area contributed by atoms with Crippen LogP contribution in [0.3, 0.4) is 0 Å². The Bertz CT molecular complexity index is 581. The lowest BCUT2D eigenvalue weighted by Gasteiger charge is -2.06. The lowest BCUT2D eigenvalue weighted by molar-refractivity contribution is -0.136. The predicted octanol–water partition coefficient (Wildman–Crippen LogP) is 2.80. The third-order valence-corrected chi connectivity index (χ3v) is 2.11. The highest BCUT2D eigenvalue weighted by Gasteiger charge is 2.13. The maximum Gasteiger partial charge on any atom is 0.340 e. The number of nitrogens with zero attached hydrogens (tertiary/aromatic N) is 3. The molecule has 0 N–H and O–H groups in total. The Balaban J connectivity index is 3.38. The van der Waals surface area contributed by atoms with Gasteiger partial charge < -0.3 is 9.47 Å². The third-order valence-electron chi connectivity index (χ3n) is 2.11. The molecule has 0 atom stereocenters. The Morgan fingerprint density at radius 3 is 2.53 bits per heavy atom. The molecular formula is C11H9F2N3O3. The van der Waals surface area contributed by atoms with Crippen molar-refractivity contribution >= 4 is 12.0 Å². The van der Waals surface area contributed by atoms with Crippen LogP contribution in [-0.4, -0.2) is 20.2 Å². The molecule has 0 aliphatic rings. The van der Waals surface area contributed by atoms with Crippen LogP contribution in [0, 0.1) is 11.6 Å². The molecule has 100 valence electrons. The highest BCUT2D eigenvalue weighted by atomic mass is 19.2. The molecule has 0 amide bonds. The zero-order valence-electron chi connectivity index (χ0n) is 10.1. The average Bonchev–Trinajstić information content (AvgIpc) is 2.41. The maximum atomic E-state index is 13.1. The molecule has 19 heavy (non-hydrogen) atoms. The molecule has 0 aliphatic heterocycles. The van der Waals surface area contributed by atoms with Gasteiger partial charge in [0.05, 0.1) is 14.2 Å². The predicted molar refractivity (Wildman–Crippen MR) is 62.0 cm³/mol. The van der Waals surface area contributed by atoms with Gasteiger partial charge in [0.15, 0.2) is 11.6 Å². The number of ether oxygens (including phenoxy) is 2. The van der Waals surface area contributed by atoms with Gasteiger partial charge in [-0.1, -0.05) is 5.11 Å². The zero-order valence-corrected chi connectivity index (χ0v) is 10.1. The molecule has 0 heterocycles. The van der Waals surface area contributed by atoms with Gasteiger partial charge in [0, 0.05) is 16.5 Å². The summed E-state index contributed by atoms with van der Waals surface area (Å²) in [6, 6.07) is 1.62. The molecule has 0 saturated heterocycles. The molecular weight excluding hydrogens is 260 g/mol. The van der Waals surface area contributed by atoms with Crippen molar-refractivity contribution in [3.63, 3.8) is 0 Å². The van der Waals surface area contributed by atoms with Gasteiger partial charge in [-0.3, -0.25) is 0 Å². The van der Waals surface area contributed by atoms with E-state index in [0.29, 0.717) is 0 Å². The van der Waals surface area contributed by atoms with Gasteiger partial charge in [0.2, 0.25) is 0 Å². The third kappa shape index (κ3) is 3.43. The van der Waals surface area contributed by atoms with Gasteiger partial charge in [0.25, 0.3) is 0 Å². The van der Waals surface area contributed by atoms with Crippen LogP contribution in [0.1, 0.15) is 5.56 Å². The monoisotopic (exact) mass is 269 g/mol. The maximum absolute atomic E-state index is 13.1. The van der Waals surface area contributed by atoms with Crippen molar-refractivity contribution in [2.45, 2.75) is 0 Å². The number of benzene rings is 1. The molecule has 6 nitrogen and oxygen atoms in total. The van der Waals surface area contributed by atoms with E-state index >= 15 is 0 Å². The molecule has 8 heteroatoms. The van der Waals surface area contributed by atoms with Gasteiger partial charge >= 0.3 is 5.97 Å². The minimum atomic E-state index is -1.13. The highest BCUT2D eigenvalue weighted by Crippen LogP contribution is 2.25. The number of hydrogen-bond acceptors (Lipinski definition) is 4. The number of hydrogen-bond donors (Lipinski definition) is 0. The van der Waals surface area contributed by atoms with E-state index in [2.05, 4.69) is 14.8 Å². The van der Waals surface area contributed by atoms with E-state index in [0.717, 1.165) is 25.3 Å². The SMILES string of the molecule is COC(=O)/C(=C/c1cc(F)c(F)cc1OC)N=[N+]=[N-]. The summed E-state index contributed by atoms with van der Waals surface area (Å²) in [5.74, 6) is -3.16. The molecule has 1 aromatic carbocycles. The summed E-state index contributed by atoms with van der Waals surface area (Å²) < 4.78 is 35.4. The van der Waals surface area contributed by atoms with Gasteiger partial charge in [-0.25, -0.2) is 13.6 Å². The first-order valence-corrected chi connectivity index (χ1v) is 4.91. The standard InChI is InChI=1S/C11H9F2N3O3/c1-18-10-5-8(13)7(12)3-6(10)4-9(15-16-14)11(17)19-2/h3-5H,1-2H3/b9-4-. The van der Waals surface area contributed by atoms with Crippen molar-refractivity contribution in [1.82, 2.24) is 0 Å². The Kier molecular flexibility index (Phi) is 4.84. The van der Waals surface area contributed by atoms with Crippen molar-refractivity contribution in [1.29, 1.82) is 0 Å². The smallest absolute Gasteiger partial charge is 0.340 e. The fourth-order valence-corrected chi connectivity index (χ4v) is 1.26. The van der Waals surface area contributed by atoms with E-state index in [-0.39, 0.29) is 11.3 Å². The zero-order chi connectivity index (χ0) is 14.4. The van der Waals surface area contributed by atoms with E-state index in [1.54, 1.807) is 0 Å². The van der Waals surface area contributed by atoms with E-state index in [4.69, 9.17) is 10.3 Å². The Morgan fingerprint density at radius 2 is 2.00 bits per heavy atom. The quantitative estimate of drug-likeness (QED) is 0.277. The van der Waals surface area contributed by atoms with Gasteiger partial charge in [-0.15, -0.1) is 0 Å². The number of carbonyl (C=O) groups is 1. The first kappa shape index (κ1) is 14.5. The molecule has 0 spiro atoms. The summed E-state index contributed by atoms with van der Waals surface area (Å²) in [7, 11) is 2.33. The average molecular weight is 269 g/mol. The largest absolute Gasteiger partial charge is 0.496 e. The Hall–Kier alpha value is -2.60. The second kappa shape index (κ2) is 6.36. The number of halogens is 2. The second-order valence-electron chi connectivity index (χ2n) is 3.22. The lowest BCUT2D eigenvalue weighted by atomic mass is 10.1. The van der Waals surface area contributed by atoms with E-state index in [9.17, 15) is 13.6 Å². The van der Waals surface area contributed by atoms with E-state index in [1.807, 2.05) is 0 Å². The number of carbonyl (C=O) groups excluding carboxylic acids is 1. The van der Waals surface area contributed by atoms with Crippen molar-refractivity contribution < 1.29 is 23.0 Å². The number of methoxy groups -OCH3 is 2. The Morgan fingerprint density at radius 1 is 1.37 bits per heavy atom. The lowest BCUT2D eigenvalue weighted by Crippen LogP contribution is -2.02. The van der Waals surface area contributed by atoms with E-state index in [1.165, 1.54) is 7.11 Å². The fraction of sp³-hybridized carbons (Fsp3) is 0.182. The number of azide groups is 1. The van der Waals surface area contributed by atoms with Gasteiger partial charge in [-0.2, -0.15) is 0 Å². The molecule has 0 saturated carbocycles. The summed E-state index contributed by atoms with van der Waals surface area (Å²) in [6.45, 7) is 0. The molecule has 1 aromatic rings. The van der Waals surface area contributed by atoms with Crippen LogP contribution in [0.2, 0.25) is 0 Å². The van der Waals surface area contributed by atoms with Crippen LogP contribution >= 0.6 is 0 Å². The molecule has 1 rings (SSSR count). The molecule has 0 aliphatic carbocycles. The minimum Gasteiger partial charge on any atom is -0.496 e. The summed E-state index contributed by atoms with van der Waals surface area (Å²) in [5.41, 5.74) is 7.96. The van der Waals surface area contributed by atoms with Gasteiger partial charge in [0.1, 0.15) is 11.4 Å². The number of rotatable bonds is 4. The van der Waals surface area contributed by atoms with Crippen molar-refractivity contribution in [3.05, 3.63) is 45.5 Å². The summed E-state index contributed by atoms with van der Waals surface area (Å²) >= 11 is 0. The molecule has 0 unspecified atom stereocenters. The summed E-state index contributed by atoms with van der Waals surface area (Å²) in [6.07, 6.45) is 1.03. The normalized spacial score (nSPS) is 10.6. The summed E-state index contributed by atoms with van der Waals surface area (Å²) in [4.78, 5) is 13.7. The first-order valence-electron chi connectivity index (χ1n) is 4.91. The molecule has 0 fully saturated rings. The fourth-order valence-electron chi connectivity index (χ4n) is 1.26. The number of esters is 1. The minimum absolute atomic E-state index is 0.0200. The van der Waals surface area contributed by atoms with Crippen LogP contribution in [0.4, 0.5) is 8.78 Å². The molecule has 0 radical (unpaired) electrons. The van der Waals surface area contributed by atoms with Crippen LogP contribution in [0.25, 0.3) is 16.5 Å². The van der Waals surface area contributed by atoms with Crippen molar-refractivity contribution in [3.8, 4) is 5.75 Å². The van der Waals surface area contributed by atoms with Gasteiger partial charge in [-0.05, 0) is 17.7 Å². The van der Waals surface area contributed by atoms with Crippen LogP contribution < -0.4 is 4.74 Å². The second-order valence-corrected chi connectivity index (χ2v) is 3.22. The van der Waals surface area contributed by atoms with Crippen LogP contribution in [0.5, 0.6) is 5.75 Å². The van der Waals surface area contributed by atoms with E-state index < -0.39 is 23.3 Å². The highest BCUT2D eigenvalue weighted by molar-refractivity contribution is 5.93. The van der Waals surface area contributed by atoms with Crippen molar-refractivity contribution in [2.24, 2.45) is 5.11 Å². The molecule has 0 bridgehead atoms. The van der Waals surface area contributed by atoms with Crippen molar-refractivity contribution in [2.75, 3.05) is 14.2 Å². The van der Waals surface area contributed by atoms with Crippen LogP contribution in [-0.2, 0) is 9.53 Å². The molecule has 0 aromatic heterocycles. The topological polar surface area (TPSA) is 84.3 Å². The Labute approximate surface area is 106 Å². The van der Waals surface area contributed by atoms with Crippen LogP contribution in [0.15, 0.2) is 22.9 Å². The first-order chi connectivity index (χ1) is 9.03.